The Balaban J connectivity index is 2.68. The lowest BCUT2D eigenvalue weighted by Gasteiger charge is -2.38. The third kappa shape index (κ3) is 3.81. The third-order valence-electron chi connectivity index (χ3n) is 2.77. The summed E-state index contributed by atoms with van der Waals surface area (Å²) in [6.45, 7) is 6.59. The van der Waals surface area contributed by atoms with E-state index < -0.39 is 11.0 Å². The highest BCUT2D eigenvalue weighted by atomic mass is 32.1. The first-order valence-corrected chi connectivity index (χ1v) is 6.45. The van der Waals surface area contributed by atoms with Gasteiger partial charge < -0.3 is 9.64 Å². The van der Waals surface area contributed by atoms with E-state index in [9.17, 15) is 10.1 Å². The Morgan fingerprint density at radius 1 is 1.59 bits per heavy atom. The number of ether oxygens (including phenoxy) is 1. The van der Waals surface area contributed by atoms with E-state index in [2.05, 4.69) is 18.7 Å². The fourth-order valence-electron chi connectivity index (χ4n) is 1.87. The summed E-state index contributed by atoms with van der Waals surface area (Å²) < 4.78 is 5.31. The first-order chi connectivity index (χ1) is 7.82. The first kappa shape index (κ1) is 14.2. The molecule has 0 bridgehead atoms. The third-order valence-corrected chi connectivity index (χ3v) is 3.37. The minimum absolute atomic E-state index is 0.335. The van der Waals surface area contributed by atoms with Gasteiger partial charge in [-0.1, -0.05) is 0 Å². The molecule has 1 heterocycles. The van der Waals surface area contributed by atoms with Crippen LogP contribution in [0.2, 0.25) is 0 Å². The van der Waals surface area contributed by atoms with Gasteiger partial charge in [0, 0.05) is 18.8 Å². The molecule has 1 unspecified atom stereocenters. The number of hydrogen-bond donors (Lipinski definition) is 1. The van der Waals surface area contributed by atoms with E-state index in [0.717, 1.165) is 12.8 Å². The van der Waals surface area contributed by atoms with E-state index >= 15 is 0 Å². The normalized spacial score (nSPS) is 25.2. The predicted octanol–water partition coefficient (Wildman–Crippen LogP) is 2.46. The predicted molar refractivity (Wildman–Crippen MR) is 68.9 cm³/mol. The van der Waals surface area contributed by atoms with Crippen LogP contribution in [0.15, 0.2) is 0 Å². The first-order valence-electron chi connectivity index (χ1n) is 5.82. The molecule has 5 heteroatoms. The van der Waals surface area contributed by atoms with Crippen molar-refractivity contribution in [1.82, 2.24) is 4.90 Å². The Hall–Kier alpha value is -0.890. The molecule has 1 atom stereocenters. The molecule has 96 valence electrons. The summed E-state index contributed by atoms with van der Waals surface area (Å²) in [7, 11) is 0. The maximum absolute atomic E-state index is 11.9. The molecular formula is C12H20N2O2S. The van der Waals surface area contributed by atoms with Gasteiger partial charge in [0.1, 0.15) is 5.60 Å². The molecule has 1 amide bonds. The van der Waals surface area contributed by atoms with Gasteiger partial charge in [-0.25, -0.2) is 4.79 Å². The van der Waals surface area contributed by atoms with Crippen LogP contribution in [-0.2, 0) is 4.74 Å². The van der Waals surface area contributed by atoms with Crippen molar-refractivity contribution in [1.29, 1.82) is 5.26 Å². The number of nitriles is 1. The summed E-state index contributed by atoms with van der Waals surface area (Å²) in [5.41, 5.74) is -1.01. The molecule has 0 aliphatic carbocycles. The van der Waals surface area contributed by atoms with Crippen molar-refractivity contribution in [2.45, 2.75) is 39.2 Å². The number of nitrogens with zero attached hydrogens (tertiary/aromatic N) is 2. The highest BCUT2D eigenvalue weighted by molar-refractivity contribution is 7.80. The Morgan fingerprint density at radius 3 is 2.71 bits per heavy atom. The van der Waals surface area contributed by atoms with Crippen LogP contribution in [0, 0.1) is 16.7 Å². The lowest BCUT2D eigenvalue weighted by molar-refractivity contribution is 0.0132. The molecule has 1 rings (SSSR count). The molecule has 0 aromatic rings. The highest BCUT2D eigenvalue weighted by Crippen LogP contribution is 2.31. The van der Waals surface area contributed by atoms with Crippen molar-refractivity contribution in [2.24, 2.45) is 5.41 Å². The number of likely N-dealkylation sites (tertiary alicyclic amines) is 1. The summed E-state index contributed by atoms with van der Waals surface area (Å²) in [6.07, 6.45) is 1.29. The minimum atomic E-state index is -0.516. The van der Waals surface area contributed by atoms with E-state index in [1.807, 2.05) is 20.8 Å². The monoisotopic (exact) mass is 256 g/mol. The van der Waals surface area contributed by atoms with Gasteiger partial charge in [-0.2, -0.15) is 17.9 Å². The van der Waals surface area contributed by atoms with Gasteiger partial charge in [0.15, 0.2) is 0 Å². The number of amides is 1. The Morgan fingerprint density at radius 2 is 2.24 bits per heavy atom. The van der Waals surface area contributed by atoms with Gasteiger partial charge in [-0.15, -0.1) is 0 Å². The maximum Gasteiger partial charge on any atom is 0.410 e. The zero-order valence-electron chi connectivity index (χ0n) is 10.7. The van der Waals surface area contributed by atoms with E-state index in [-0.39, 0.29) is 6.09 Å². The van der Waals surface area contributed by atoms with Crippen molar-refractivity contribution in [3.63, 3.8) is 0 Å². The van der Waals surface area contributed by atoms with E-state index in [4.69, 9.17) is 4.74 Å². The minimum Gasteiger partial charge on any atom is -0.444 e. The second kappa shape index (κ2) is 5.18. The fraction of sp³-hybridized carbons (Fsp3) is 0.833. The molecule has 0 saturated carbocycles. The lowest BCUT2D eigenvalue weighted by Crippen LogP contribution is -2.48. The quantitative estimate of drug-likeness (QED) is 0.733. The molecule has 4 nitrogen and oxygen atoms in total. The summed E-state index contributed by atoms with van der Waals surface area (Å²) in [5, 5.41) is 9.20. The van der Waals surface area contributed by atoms with Crippen molar-refractivity contribution in [2.75, 3.05) is 18.8 Å². The number of carbonyl (C=O) groups is 1. The molecule has 1 saturated heterocycles. The molecule has 0 spiro atoms. The number of carbonyl (C=O) groups excluding carboxylic acids is 1. The molecule has 1 aliphatic heterocycles. The molecule has 17 heavy (non-hydrogen) atoms. The second-order valence-corrected chi connectivity index (χ2v) is 5.87. The Kier molecular flexibility index (Phi) is 4.31. The highest BCUT2D eigenvalue weighted by Gasteiger charge is 2.37. The number of hydrogen-bond acceptors (Lipinski definition) is 4. The molecular weight excluding hydrogens is 236 g/mol. The average Bonchev–Trinajstić information content (AvgIpc) is 2.27. The van der Waals surface area contributed by atoms with E-state index in [0.29, 0.717) is 18.8 Å². The summed E-state index contributed by atoms with van der Waals surface area (Å²) in [5.74, 6) is 0.475. The van der Waals surface area contributed by atoms with Crippen molar-refractivity contribution in [3.05, 3.63) is 0 Å². The molecule has 1 fully saturated rings. The van der Waals surface area contributed by atoms with E-state index in [1.165, 1.54) is 0 Å². The molecule has 0 N–H and O–H groups in total. The Bertz CT molecular complexity index is 332. The maximum atomic E-state index is 11.9. The van der Waals surface area contributed by atoms with Gasteiger partial charge in [0.2, 0.25) is 0 Å². The average molecular weight is 256 g/mol. The number of piperidine rings is 1. The molecule has 0 radical (unpaired) electrons. The smallest absolute Gasteiger partial charge is 0.410 e. The summed E-state index contributed by atoms with van der Waals surface area (Å²) in [6, 6.07) is 2.29. The van der Waals surface area contributed by atoms with Crippen molar-refractivity contribution < 1.29 is 9.53 Å². The summed E-state index contributed by atoms with van der Waals surface area (Å²) in [4.78, 5) is 13.5. The van der Waals surface area contributed by atoms with Crippen LogP contribution >= 0.6 is 12.6 Å². The van der Waals surface area contributed by atoms with Crippen LogP contribution in [0.5, 0.6) is 0 Å². The van der Waals surface area contributed by atoms with Gasteiger partial charge >= 0.3 is 6.09 Å². The zero-order chi connectivity index (χ0) is 13.1. The van der Waals surface area contributed by atoms with Crippen molar-refractivity contribution >= 4 is 18.7 Å². The standard InChI is InChI=1S/C12H20N2O2S/c1-11(2,3)16-10(15)14-6-4-5-12(7-13,8-14)9-17/h17H,4-6,8-9H2,1-3H3. The van der Waals surface area contributed by atoms with Crippen molar-refractivity contribution in [3.8, 4) is 6.07 Å². The van der Waals surface area contributed by atoms with Gasteiger partial charge in [0.25, 0.3) is 0 Å². The number of thiol groups is 1. The number of rotatable bonds is 1. The van der Waals surface area contributed by atoms with Crippen LogP contribution in [0.1, 0.15) is 33.6 Å². The van der Waals surface area contributed by atoms with Crippen LogP contribution in [0.4, 0.5) is 4.79 Å². The zero-order valence-corrected chi connectivity index (χ0v) is 11.6. The molecule has 1 aliphatic rings. The van der Waals surface area contributed by atoms with Crippen LogP contribution in [0.3, 0.4) is 0 Å². The SMILES string of the molecule is CC(C)(C)OC(=O)N1CCCC(C#N)(CS)C1. The van der Waals surface area contributed by atoms with Crippen LogP contribution < -0.4 is 0 Å². The lowest BCUT2D eigenvalue weighted by atomic mass is 9.83. The molecule has 0 aromatic heterocycles. The van der Waals surface area contributed by atoms with Gasteiger partial charge in [-0.3, -0.25) is 0 Å². The summed E-state index contributed by atoms with van der Waals surface area (Å²) >= 11 is 4.22. The fourth-order valence-corrected chi connectivity index (χ4v) is 2.20. The Labute approximate surface area is 108 Å². The van der Waals surface area contributed by atoms with Crippen LogP contribution in [0.25, 0.3) is 0 Å². The van der Waals surface area contributed by atoms with Gasteiger partial charge in [-0.05, 0) is 33.6 Å². The largest absolute Gasteiger partial charge is 0.444 e. The van der Waals surface area contributed by atoms with Gasteiger partial charge in [0.05, 0.1) is 11.5 Å². The second-order valence-electron chi connectivity index (χ2n) is 5.56. The van der Waals surface area contributed by atoms with E-state index in [1.54, 1.807) is 4.90 Å². The van der Waals surface area contributed by atoms with Crippen LogP contribution in [-0.4, -0.2) is 35.4 Å². The molecule has 0 aromatic carbocycles. The topological polar surface area (TPSA) is 53.3 Å².